The van der Waals surface area contributed by atoms with Crippen LogP contribution in [0, 0.1) is 0 Å². The van der Waals surface area contributed by atoms with Gasteiger partial charge >= 0.3 is 18.1 Å². The van der Waals surface area contributed by atoms with E-state index in [9.17, 15) is 42.6 Å². The first-order valence-corrected chi connectivity index (χ1v) is 27.0. The number of aliphatic imine (C=N–C) groups is 3. The summed E-state index contributed by atoms with van der Waals surface area (Å²) >= 11 is 1.13. The molecule has 0 spiro atoms. The highest BCUT2D eigenvalue weighted by Gasteiger charge is 2.38. The van der Waals surface area contributed by atoms with E-state index in [4.69, 9.17) is 31.0 Å². The number of phenols is 1. The van der Waals surface area contributed by atoms with Crippen LogP contribution in [0.2, 0.25) is 0 Å². The summed E-state index contributed by atoms with van der Waals surface area (Å²) < 4.78 is 42.6. The topological polar surface area (TPSA) is 341 Å². The molecule has 8 rings (SSSR count). The van der Waals surface area contributed by atoms with E-state index in [0.29, 0.717) is 82.6 Å². The number of carboxylic acids is 1. The van der Waals surface area contributed by atoms with Gasteiger partial charge in [0.25, 0.3) is 5.91 Å². The molecule has 23 nitrogen and oxygen atoms in total. The van der Waals surface area contributed by atoms with Crippen LogP contribution < -0.4 is 53.5 Å². The van der Waals surface area contributed by atoms with Crippen molar-refractivity contribution in [3.8, 4) is 11.5 Å². The number of unbranched alkanes of at least 4 members (excludes halogenated alkanes) is 1. The number of carbonyl (C=O) groups excluding carboxylic acids is 4. The zero-order valence-corrected chi connectivity index (χ0v) is 47.4. The molecule has 0 unspecified atom stereocenters. The van der Waals surface area contributed by atoms with Crippen LogP contribution in [-0.2, 0) is 23.9 Å². The average Bonchev–Trinajstić information content (AvgIpc) is 3.53. The SMILES string of the molecule is CCOC(=O)C1=C(O)/C(=C/c2ccc(OCCCCN(N)/C=C(\N)CNC(=O)c3cc(NC)cc(NC=O)c3)c(O)c2)SC1=Nc1ccccc1.CNc1ccc(C2=NCCN2)cc1.O=C(O)C(F)(F)F.O=CNc1ccc(C2=NCCN2)cc1. The van der Waals surface area contributed by atoms with E-state index in [0.717, 1.165) is 72.1 Å². The van der Waals surface area contributed by atoms with Gasteiger partial charge in [-0.15, -0.1) is 0 Å². The number of nitrogens with one attached hydrogen (secondary N) is 7. The third kappa shape index (κ3) is 21.7. The Morgan fingerprint density at radius 2 is 1.39 bits per heavy atom. The fourth-order valence-electron chi connectivity index (χ4n) is 7.52. The van der Waals surface area contributed by atoms with Crippen LogP contribution in [-0.4, -0.2) is 140 Å². The summed E-state index contributed by atoms with van der Waals surface area (Å²) in [5.74, 6) is 4.15. The summed E-state index contributed by atoms with van der Waals surface area (Å²) in [6.45, 7) is 6.25. The third-order valence-electron chi connectivity index (χ3n) is 11.6. The lowest BCUT2D eigenvalue weighted by molar-refractivity contribution is -0.192. The van der Waals surface area contributed by atoms with Crippen LogP contribution in [0.5, 0.6) is 11.5 Å². The van der Waals surface area contributed by atoms with Gasteiger partial charge in [0.05, 0.1) is 43.4 Å². The molecule has 0 atom stereocenters. The molecule has 5 aromatic rings. The van der Waals surface area contributed by atoms with Crippen LogP contribution in [0.25, 0.3) is 6.08 Å². The standard InChI is InChI=1S/C36H41N7O7S.C10H11N3O.C10H13N3.C2HF3O2/c1-3-49-36(48)32-33(46)31(51-35(32)42-26-9-5-4-6-10-26)16-23-11-12-30(29(45)15-23)50-14-8-7-13-43(38)21-25(37)20-40-34(47)24-17-27(39-2)19-28(18-24)41-22-44;14-7-13-9-3-1-8(2-4-9)10-11-5-6-12-10;1-11-9-4-2-8(3-5-9)10-12-6-7-13-10;3-2(4,5)1(6)7/h4-6,9-12,15-19,21-22,39,45-46H,3,7-8,13-14,20,37-38H2,1-2H3,(H,40,47)(H,41,44);1-4,7H,5-6H2,(H,11,12)(H,13,14);2-5,11H,6-7H2,1H3,(H,12,13);(H,6,7)/b25-21-,31-16-,42-35?;;;. The van der Waals surface area contributed by atoms with Gasteiger partial charge in [0.2, 0.25) is 12.8 Å². The molecule has 14 N–H and O–H groups in total. The Hall–Kier alpha value is -10.0. The van der Waals surface area contributed by atoms with Gasteiger partial charge in [-0.1, -0.05) is 36.0 Å². The number of hydrazine groups is 1. The number of carbonyl (C=O) groups is 5. The molecule has 85 heavy (non-hydrogen) atoms. The normalized spacial score (nSPS) is 14.2. The van der Waals surface area contributed by atoms with Crippen molar-refractivity contribution in [3.63, 3.8) is 0 Å². The Morgan fingerprint density at radius 1 is 0.800 bits per heavy atom. The van der Waals surface area contributed by atoms with Gasteiger partial charge < -0.3 is 72.8 Å². The first kappa shape index (κ1) is 65.8. The van der Waals surface area contributed by atoms with E-state index in [1.54, 1.807) is 62.5 Å². The maximum atomic E-state index is 12.7. The number of alkyl halides is 3. The van der Waals surface area contributed by atoms with Crippen LogP contribution in [0.3, 0.4) is 0 Å². The lowest BCUT2D eigenvalue weighted by Gasteiger charge is -2.16. The molecule has 0 aromatic heterocycles. The molecule has 0 bridgehead atoms. The molecule has 0 saturated carbocycles. The second-order valence-corrected chi connectivity index (χ2v) is 18.8. The molecule has 27 heteroatoms. The predicted octanol–water partition coefficient (Wildman–Crippen LogP) is 7.08. The van der Waals surface area contributed by atoms with E-state index in [1.807, 2.05) is 49.5 Å². The average molecular weight is 1190 g/mol. The Bertz CT molecular complexity index is 3270. The van der Waals surface area contributed by atoms with Gasteiger partial charge in [0.1, 0.15) is 28.0 Å². The van der Waals surface area contributed by atoms with Crippen molar-refractivity contribution in [2.24, 2.45) is 26.6 Å². The highest BCUT2D eigenvalue weighted by Crippen LogP contribution is 2.41. The number of aliphatic hydroxyl groups excluding tert-OH is 1. The van der Waals surface area contributed by atoms with Crippen molar-refractivity contribution in [3.05, 3.63) is 166 Å². The van der Waals surface area contributed by atoms with Crippen molar-refractivity contribution >= 4 is 93.7 Å². The largest absolute Gasteiger partial charge is 0.506 e. The van der Waals surface area contributed by atoms with Crippen molar-refractivity contribution in [1.82, 2.24) is 21.0 Å². The molecule has 0 radical (unpaired) electrons. The minimum atomic E-state index is -5.08. The van der Waals surface area contributed by atoms with Crippen LogP contribution in [0.4, 0.5) is 41.6 Å². The number of phenolic OH excluding ortho intramolecular Hbond substituents is 1. The van der Waals surface area contributed by atoms with E-state index < -0.39 is 18.1 Å². The fraction of sp³-hybridized carbons (Fsp3) is 0.241. The number of aliphatic carboxylic acids is 1. The van der Waals surface area contributed by atoms with Gasteiger partial charge in [-0.25, -0.2) is 20.4 Å². The maximum absolute atomic E-state index is 12.7. The van der Waals surface area contributed by atoms with Crippen molar-refractivity contribution in [2.75, 3.05) is 87.8 Å². The number of hydrogen-bond donors (Lipinski definition) is 12. The number of aliphatic hydroxyl groups is 1. The van der Waals surface area contributed by atoms with Gasteiger partial charge in [0.15, 0.2) is 11.5 Å². The number of halogens is 3. The van der Waals surface area contributed by atoms with Crippen LogP contribution in [0.15, 0.2) is 158 Å². The predicted molar refractivity (Wildman–Crippen MR) is 324 cm³/mol. The molecule has 3 aliphatic rings. The summed E-state index contributed by atoms with van der Waals surface area (Å²) in [7, 11) is 3.62. The highest BCUT2D eigenvalue weighted by atomic mass is 32.2. The number of anilines is 4. The Kier molecular flexibility index (Phi) is 26.2. The number of nitrogens with zero attached hydrogens (tertiary/aromatic N) is 4. The van der Waals surface area contributed by atoms with Crippen molar-refractivity contribution in [2.45, 2.75) is 25.9 Å². The molecule has 0 fully saturated rings. The second-order valence-electron chi connectivity index (χ2n) is 17.8. The molecule has 0 aliphatic carbocycles. The number of thioether (sulfide) groups is 1. The molecule has 3 heterocycles. The molecule has 3 aliphatic heterocycles. The summed E-state index contributed by atoms with van der Waals surface area (Å²) in [5.41, 5.74) is 13.2. The minimum Gasteiger partial charge on any atom is -0.506 e. The molecule has 0 saturated heterocycles. The summed E-state index contributed by atoms with van der Waals surface area (Å²) in [6.07, 6.45) is 0.566. The number of carboxylic acid groups (broad SMARTS) is 1. The van der Waals surface area contributed by atoms with E-state index in [-0.39, 0.29) is 41.9 Å². The number of amidine groups is 2. The minimum absolute atomic E-state index is 0.0159. The van der Waals surface area contributed by atoms with Crippen LogP contribution in [0.1, 0.15) is 46.8 Å². The number of esters is 1. The maximum Gasteiger partial charge on any atom is 0.490 e. The lowest BCUT2D eigenvalue weighted by atomic mass is 10.1. The van der Waals surface area contributed by atoms with E-state index in [1.165, 1.54) is 17.3 Å². The number of hydrogen-bond acceptors (Lipinski definition) is 20. The number of nitrogens with two attached hydrogens (primary N) is 2. The Balaban J connectivity index is 0.000000307. The molecule has 3 amide bonds. The highest BCUT2D eigenvalue weighted by molar-refractivity contribution is 8.18. The number of aromatic hydroxyl groups is 1. The van der Waals surface area contributed by atoms with Gasteiger partial charge in [-0.2, -0.15) is 13.2 Å². The summed E-state index contributed by atoms with van der Waals surface area (Å²) in [4.78, 5) is 68.7. The summed E-state index contributed by atoms with van der Waals surface area (Å²) in [5, 5.41) is 50.7. The zero-order chi connectivity index (χ0) is 61.7. The number of amides is 3. The number of ether oxygens (including phenoxy) is 2. The van der Waals surface area contributed by atoms with Crippen molar-refractivity contribution < 1.29 is 61.9 Å². The quantitative estimate of drug-likeness (QED) is 0.0108. The third-order valence-corrected chi connectivity index (χ3v) is 12.6. The number of rotatable bonds is 22. The van der Waals surface area contributed by atoms with Crippen LogP contribution >= 0.6 is 11.8 Å². The van der Waals surface area contributed by atoms with Gasteiger partial charge in [-0.3, -0.25) is 24.4 Å². The van der Waals surface area contributed by atoms with E-state index >= 15 is 0 Å². The van der Waals surface area contributed by atoms with Crippen molar-refractivity contribution in [1.29, 1.82) is 0 Å². The second kappa shape index (κ2) is 33.8. The molecular weight excluding hydrogens is 1130 g/mol. The lowest BCUT2D eigenvalue weighted by Crippen LogP contribution is -2.32. The number of para-hydroxylation sites is 1. The first-order chi connectivity index (χ1) is 40.8. The number of benzene rings is 5. The van der Waals surface area contributed by atoms with Gasteiger partial charge in [-0.05, 0) is 122 Å². The zero-order valence-electron chi connectivity index (χ0n) is 46.5. The molecular formula is C58H66F3N13O10S. The Morgan fingerprint density at radius 3 is 1.93 bits per heavy atom. The summed E-state index contributed by atoms with van der Waals surface area (Å²) in [6, 6.07) is 34.6. The van der Waals surface area contributed by atoms with E-state index in [2.05, 4.69) is 76.5 Å². The first-order valence-electron chi connectivity index (χ1n) is 26.2. The Labute approximate surface area is 492 Å². The fourth-order valence-corrected chi connectivity index (χ4v) is 8.55. The van der Waals surface area contributed by atoms with Gasteiger partial charge in [0, 0.05) is 85.1 Å². The smallest absolute Gasteiger partial charge is 0.490 e. The molecule has 5 aromatic carbocycles. The molecule has 450 valence electrons. The monoisotopic (exact) mass is 1190 g/mol.